The first-order chi connectivity index (χ1) is 12.2. The summed E-state index contributed by atoms with van der Waals surface area (Å²) in [7, 11) is 0. The Morgan fingerprint density at radius 2 is 1.84 bits per heavy atom. The van der Waals surface area contributed by atoms with Gasteiger partial charge in [-0.05, 0) is 40.5 Å². The van der Waals surface area contributed by atoms with Crippen LogP contribution in [0.3, 0.4) is 0 Å². The third-order valence-corrected chi connectivity index (χ3v) is 4.22. The number of esters is 1. The molecule has 0 bridgehead atoms. The predicted molar refractivity (Wildman–Crippen MR) is 94.5 cm³/mol. The quantitative estimate of drug-likeness (QED) is 0.545. The first-order valence-corrected chi connectivity index (χ1v) is 8.17. The summed E-state index contributed by atoms with van der Waals surface area (Å²) in [6.45, 7) is 2.34. The van der Waals surface area contributed by atoms with Crippen molar-refractivity contribution < 1.29 is 9.53 Å². The Bertz CT molecular complexity index is 1040. The smallest absolute Gasteiger partial charge is 0.338 e. The first-order valence-electron chi connectivity index (χ1n) is 8.17. The van der Waals surface area contributed by atoms with Gasteiger partial charge in [0.1, 0.15) is 17.7 Å². The van der Waals surface area contributed by atoms with Crippen LogP contribution in [0.15, 0.2) is 36.4 Å². The van der Waals surface area contributed by atoms with Crippen molar-refractivity contribution in [2.24, 2.45) is 0 Å². The van der Waals surface area contributed by atoms with Gasteiger partial charge in [0.25, 0.3) is 0 Å². The summed E-state index contributed by atoms with van der Waals surface area (Å²) >= 11 is 0. The van der Waals surface area contributed by atoms with Crippen molar-refractivity contribution >= 4 is 17.6 Å². The van der Waals surface area contributed by atoms with Gasteiger partial charge in [0.2, 0.25) is 0 Å². The number of nitriles is 2. The first kappa shape index (κ1) is 16.5. The molecule has 0 atom stereocenters. The molecule has 0 radical (unpaired) electrons. The van der Waals surface area contributed by atoms with Crippen LogP contribution >= 0.6 is 0 Å². The summed E-state index contributed by atoms with van der Waals surface area (Å²) in [6, 6.07) is 15.1. The second kappa shape index (κ2) is 7.03. The van der Waals surface area contributed by atoms with Crippen LogP contribution in [0, 0.1) is 22.7 Å². The topological polar surface area (TPSA) is 73.9 Å². The highest BCUT2D eigenvalue weighted by Gasteiger charge is 2.19. The van der Waals surface area contributed by atoms with E-state index in [1.807, 2.05) is 55.5 Å². The molecule has 1 aliphatic carbocycles. The molecular formula is C21H16N2O2. The van der Waals surface area contributed by atoms with E-state index in [1.54, 1.807) is 6.07 Å². The van der Waals surface area contributed by atoms with Crippen LogP contribution in [0.1, 0.15) is 35.7 Å². The van der Waals surface area contributed by atoms with Crippen LogP contribution < -0.4 is 10.4 Å². The summed E-state index contributed by atoms with van der Waals surface area (Å²) in [5.74, 6) is -0.501. The van der Waals surface area contributed by atoms with Gasteiger partial charge in [0, 0.05) is 5.22 Å². The maximum atomic E-state index is 12.5. The zero-order valence-electron chi connectivity index (χ0n) is 13.9. The van der Waals surface area contributed by atoms with Crippen LogP contribution in [-0.2, 0) is 4.74 Å². The molecule has 0 saturated carbocycles. The third kappa shape index (κ3) is 2.91. The fourth-order valence-electron chi connectivity index (χ4n) is 2.99. The van der Waals surface area contributed by atoms with E-state index in [-0.39, 0.29) is 11.1 Å². The molecule has 0 saturated heterocycles. The Hall–Kier alpha value is -3.37. The number of fused-ring (bicyclic) bond motifs is 3. The number of hydrogen-bond acceptors (Lipinski definition) is 4. The van der Waals surface area contributed by atoms with E-state index in [0.29, 0.717) is 11.8 Å². The average molecular weight is 328 g/mol. The van der Waals surface area contributed by atoms with E-state index < -0.39 is 5.97 Å². The average Bonchev–Trinajstić information content (AvgIpc) is 3.02. The van der Waals surface area contributed by atoms with Gasteiger partial charge in [-0.25, -0.2) is 4.79 Å². The lowest BCUT2D eigenvalue weighted by Crippen LogP contribution is -2.34. The van der Waals surface area contributed by atoms with Gasteiger partial charge in [-0.3, -0.25) is 0 Å². The molecule has 0 N–H and O–H groups in total. The highest BCUT2D eigenvalue weighted by atomic mass is 16.5. The highest BCUT2D eigenvalue weighted by Crippen LogP contribution is 2.25. The predicted octanol–water partition coefficient (Wildman–Crippen LogP) is 2.65. The maximum absolute atomic E-state index is 12.5. The number of benzene rings is 2. The fourth-order valence-corrected chi connectivity index (χ4v) is 2.99. The number of ether oxygens (including phenoxy) is 1. The number of nitrogens with zero attached hydrogens (tertiary/aromatic N) is 2. The van der Waals surface area contributed by atoms with E-state index in [9.17, 15) is 15.3 Å². The molecule has 122 valence electrons. The van der Waals surface area contributed by atoms with Crippen LogP contribution in [0.2, 0.25) is 0 Å². The Morgan fingerprint density at radius 3 is 2.56 bits per heavy atom. The summed E-state index contributed by atoms with van der Waals surface area (Å²) in [5.41, 5.74) is 3.13. The number of carbonyl (C=O) groups excluding carboxylic acids is 1. The number of rotatable bonds is 4. The summed E-state index contributed by atoms with van der Waals surface area (Å²) in [4.78, 5) is 12.5. The Balaban J connectivity index is 2.26. The van der Waals surface area contributed by atoms with Crippen molar-refractivity contribution in [1.82, 2.24) is 0 Å². The summed E-state index contributed by atoms with van der Waals surface area (Å²) < 4.78 is 5.30. The maximum Gasteiger partial charge on any atom is 0.338 e. The molecule has 0 heterocycles. The molecule has 25 heavy (non-hydrogen) atoms. The molecule has 0 aliphatic heterocycles. The van der Waals surface area contributed by atoms with Crippen molar-refractivity contribution in [3.63, 3.8) is 0 Å². The molecule has 0 fully saturated rings. The van der Waals surface area contributed by atoms with Gasteiger partial charge < -0.3 is 4.74 Å². The van der Waals surface area contributed by atoms with Crippen LogP contribution in [0.4, 0.5) is 0 Å². The second-order valence-corrected chi connectivity index (χ2v) is 5.77. The highest BCUT2D eigenvalue weighted by molar-refractivity contribution is 5.95. The second-order valence-electron chi connectivity index (χ2n) is 5.77. The molecule has 4 heteroatoms. The molecule has 4 nitrogen and oxygen atoms in total. The lowest BCUT2D eigenvalue weighted by molar-refractivity contribution is 0.0498. The Morgan fingerprint density at radius 1 is 1.08 bits per heavy atom. The van der Waals surface area contributed by atoms with Crippen LogP contribution in [0.5, 0.6) is 0 Å². The molecule has 0 unspecified atom stereocenters. The van der Waals surface area contributed by atoms with Crippen molar-refractivity contribution in [1.29, 1.82) is 10.5 Å². The van der Waals surface area contributed by atoms with E-state index in [2.05, 4.69) is 0 Å². The lowest BCUT2D eigenvalue weighted by atomic mass is 10.00. The molecule has 0 amide bonds. The van der Waals surface area contributed by atoms with Crippen molar-refractivity contribution in [2.75, 3.05) is 6.61 Å². The van der Waals surface area contributed by atoms with Gasteiger partial charge >= 0.3 is 5.97 Å². The van der Waals surface area contributed by atoms with E-state index in [4.69, 9.17) is 4.74 Å². The minimum atomic E-state index is -0.501. The number of carbonyl (C=O) groups is 1. The van der Waals surface area contributed by atoms with Crippen molar-refractivity contribution in [2.45, 2.75) is 19.8 Å². The van der Waals surface area contributed by atoms with E-state index in [1.165, 1.54) is 0 Å². The number of unbranched alkanes of at least 4 members (excludes halogenated alkanes) is 1. The largest absolute Gasteiger partial charge is 0.462 e. The van der Waals surface area contributed by atoms with Gasteiger partial charge in [-0.1, -0.05) is 43.7 Å². The van der Waals surface area contributed by atoms with E-state index in [0.717, 1.165) is 34.8 Å². The monoisotopic (exact) mass is 328 g/mol. The normalized spacial score (nSPS) is 10.7. The molecule has 2 aromatic carbocycles. The fraction of sp³-hybridized carbons (Fsp3) is 0.190. The molecule has 2 aromatic rings. The molecule has 0 spiro atoms. The zero-order chi connectivity index (χ0) is 17.8. The Kier molecular flexibility index (Phi) is 4.64. The van der Waals surface area contributed by atoms with Gasteiger partial charge in [0.15, 0.2) is 0 Å². The third-order valence-electron chi connectivity index (χ3n) is 4.22. The number of hydrogen-bond donors (Lipinski definition) is 0. The molecule has 3 rings (SSSR count). The van der Waals surface area contributed by atoms with Crippen LogP contribution in [-0.4, -0.2) is 12.6 Å². The Labute approximate surface area is 145 Å². The van der Waals surface area contributed by atoms with Crippen molar-refractivity contribution in [3.05, 3.63) is 58.0 Å². The van der Waals surface area contributed by atoms with Gasteiger partial charge in [-0.15, -0.1) is 0 Å². The van der Waals surface area contributed by atoms with Crippen molar-refractivity contribution in [3.8, 4) is 23.3 Å². The molecule has 1 aliphatic rings. The minimum absolute atomic E-state index is 0.0802. The molecule has 0 aromatic heterocycles. The lowest BCUT2D eigenvalue weighted by Gasteiger charge is -2.07. The zero-order valence-corrected chi connectivity index (χ0v) is 13.9. The van der Waals surface area contributed by atoms with Gasteiger partial charge in [0.05, 0.1) is 12.2 Å². The van der Waals surface area contributed by atoms with Gasteiger partial charge in [-0.2, -0.15) is 10.5 Å². The SMILES string of the molecule is CCCCOC(=O)c1ccc2c(c1=C(C#N)C#N)=Cc1ccccc1-2. The summed E-state index contributed by atoms with van der Waals surface area (Å²) in [5, 5.41) is 19.8. The van der Waals surface area contributed by atoms with E-state index >= 15 is 0 Å². The summed E-state index contributed by atoms with van der Waals surface area (Å²) in [6.07, 6.45) is 3.61. The minimum Gasteiger partial charge on any atom is -0.462 e. The van der Waals surface area contributed by atoms with Crippen LogP contribution in [0.25, 0.3) is 22.8 Å². The standard InChI is InChI=1S/C21H16N2O2/c1-2-3-10-25-21(24)18-9-8-17-16-7-5-4-6-14(16)11-19(17)20(18)15(12-22)13-23/h4-9,11H,2-3,10H2,1H3. The molecular weight excluding hydrogens is 312 g/mol.